The molecule has 13 nitrogen and oxygen atoms in total. The molecule has 2 aromatic heterocycles. The minimum Gasteiger partial charge on any atom is -0.497 e. The van der Waals surface area contributed by atoms with E-state index >= 15 is 0 Å². The third-order valence-corrected chi connectivity index (χ3v) is 5.60. The first-order valence-electron chi connectivity index (χ1n) is 12.0. The van der Waals surface area contributed by atoms with Crippen LogP contribution < -0.4 is 20.9 Å². The fourth-order valence-electron chi connectivity index (χ4n) is 3.32. The van der Waals surface area contributed by atoms with Crippen molar-refractivity contribution in [3.05, 3.63) is 70.3 Å². The van der Waals surface area contributed by atoms with Crippen molar-refractivity contribution in [2.24, 2.45) is 0 Å². The Hall–Kier alpha value is -5.28. The van der Waals surface area contributed by atoms with E-state index in [9.17, 15) is 37.1 Å². The van der Waals surface area contributed by atoms with Crippen LogP contribution in [0.5, 0.6) is 5.75 Å². The molecule has 42 heavy (non-hydrogen) atoms. The highest BCUT2D eigenvalue weighted by atomic mass is 19.4. The number of aromatic amines is 1. The zero-order valence-electron chi connectivity index (χ0n) is 22.3. The summed E-state index contributed by atoms with van der Waals surface area (Å²) < 4.78 is 41.2. The second-order valence-corrected chi connectivity index (χ2v) is 9.09. The molecule has 0 aliphatic rings. The third kappa shape index (κ3) is 8.36. The van der Waals surface area contributed by atoms with Gasteiger partial charge in [-0.2, -0.15) is 13.2 Å². The molecule has 0 bridgehead atoms. The molecule has 2 amide bonds. The molecule has 0 atom stereocenters. The van der Waals surface area contributed by atoms with Crippen LogP contribution in [-0.2, 0) is 29.7 Å². The molecular formula is C26H24F3N5O8. The van der Waals surface area contributed by atoms with Gasteiger partial charge in [0, 0.05) is 24.4 Å². The van der Waals surface area contributed by atoms with Gasteiger partial charge in [0.05, 0.1) is 24.8 Å². The van der Waals surface area contributed by atoms with E-state index < -0.39 is 53.9 Å². The molecule has 3 rings (SSSR count). The number of anilines is 1. The molecule has 0 saturated heterocycles. The van der Waals surface area contributed by atoms with Gasteiger partial charge in [0.15, 0.2) is 0 Å². The number of aromatic nitrogens is 3. The van der Waals surface area contributed by atoms with Gasteiger partial charge < -0.3 is 10.1 Å². The highest BCUT2D eigenvalue weighted by Crippen LogP contribution is 2.24. The number of nitrogens with one attached hydrogen (secondary N) is 3. The van der Waals surface area contributed by atoms with E-state index in [4.69, 9.17) is 4.74 Å². The number of carbonyl (C=O) groups excluding carboxylic acids is 4. The number of amides is 2. The lowest BCUT2D eigenvalue weighted by molar-refractivity contribution is -0.285. The minimum absolute atomic E-state index is 0.362. The van der Waals surface area contributed by atoms with Crippen LogP contribution in [0.2, 0.25) is 0 Å². The van der Waals surface area contributed by atoms with Crippen LogP contribution in [0, 0.1) is 0 Å². The monoisotopic (exact) mass is 591 g/mol. The number of methoxy groups -OCH3 is 1. The molecule has 0 saturated carbocycles. The molecule has 3 N–H and O–H groups in total. The highest BCUT2D eigenvalue weighted by molar-refractivity contribution is 5.95. The minimum atomic E-state index is -5.37. The van der Waals surface area contributed by atoms with E-state index in [-0.39, 0.29) is 11.5 Å². The van der Waals surface area contributed by atoms with Gasteiger partial charge >= 0.3 is 18.1 Å². The standard InChI is InChI=1S/C26H24F3N5O8/c1-25(2,15-6-9-18(30-12-15)14-4-7-16(40-3)8-5-14)34-22(38)17-13-31-24(33-21(17)37)32-19(35)10-11-20(36)41-42-23(39)26(27,28)29/h4-9,12-13H,10-11H2,1-3H3,(H,34,38)(H2,31,32,33,35,37). The van der Waals surface area contributed by atoms with Crippen molar-refractivity contribution in [2.75, 3.05) is 12.4 Å². The molecule has 0 aliphatic carbocycles. The van der Waals surface area contributed by atoms with Gasteiger partial charge in [0.1, 0.15) is 11.3 Å². The van der Waals surface area contributed by atoms with E-state index in [0.717, 1.165) is 11.8 Å². The summed E-state index contributed by atoms with van der Waals surface area (Å²) >= 11 is 0. The molecule has 0 fully saturated rings. The molecule has 3 aromatic rings. The van der Waals surface area contributed by atoms with Crippen LogP contribution in [0.4, 0.5) is 19.1 Å². The molecule has 16 heteroatoms. The van der Waals surface area contributed by atoms with Crippen molar-refractivity contribution in [1.29, 1.82) is 0 Å². The van der Waals surface area contributed by atoms with E-state index in [0.29, 0.717) is 17.0 Å². The molecular weight excluding hydrogens is 567 g/mol. The Morgan fingerprint density at radius 3 is 2.19 bits per heavy atom. The average Bonchev–Trinajstić information content (AvgIpc) is 2.94. The Bertz CT molecular complexity index is 1520. The molecule has 2 heterocycles. The highest BCUT2D eigenvalue weighted by Gasteiger charge is 2.43. The lowest BCUT2D eigenvalue weighted by atomic mass is 9.95. The van der Waals surface area contributed by atoms with Crippen molar-refractivity contribution in [3.63, 3.8) is 0 Å². The van der Waals surface area contributed by atoms with Gasteiger partial charge in [-0.3, -0.25) is 29.7 Å². The smallest absolute Gasteiger partial charge is 0.495 e. The summed E-state index contributed by atoms with van der Waals surface area (Å²) in [4.78, 5) is 76.6. The Morgan fingerprint density at radius 2 is 1.62 bits per heavy atom. The lowest BCUT2D eigenvalue weighted by Gasteiger charge is -2.26. The molecule has 222 valence electrons. The van der Waals surface area contributed by atoms with Crippen LogP contribution in [0.3, 0.4) is 0 Å². The maximum Gasteiger partial charge on any atom is 0.495 e. The maximum absolute atomic E-state index is 12.8. The summed E-state index contributed by atoms with van der Waals surface area (Å²) in [6, 6.07) is 10.9. The van der Waals surface area contributed by atoms with E-state index in [1.807, 2.05) is 12.1 Å². The van der Waals surface area contributed by atoms with Crippen molar-refractivity contribution < 1.29 is 46.9 Å². The quantitative estimate of drug-likeness (QED) is 0.248. The largest absolute Gasteiger partial charge is 0.497 e. The number of hydrogen-bond acceptors (Lipinski definition) is 10. The fourth-order valence-corrected chi connectivity index (χ4v) is 3.32. The summed E-state index contributed by atoms with van der Waals surface area (Å²) in [6.45, 7) is 3.42. The number of H-pyrrole nitrogens is 1. The number of hydrogen-bond donors (Lipinski definition) is 3. The van der Waals surface area contributed by atoms with Crippen molar-refractivity contribution >= 4 is 29.7 Å². The summed E-state index contributed by atoms with van der Waals surface area (Å²) in [5.74, 6) is -5.48. The predicted molar refractivity (Wildman–Crippen MR) is 138 cm³/mol. The van der Waals surface area contributed by atoms with E-state index in [1.165, 1.54) is 0 Å². The molecule has 0 unspecified atom stereocenters. The number of pyridine rings is 1. The Morgan fingerprint density at radius 1 is 0.929 bits per heavy atom. The van der Waals surface area contributed by atoms with Crippen LogP contribution in [0.25, 0.3) is 11.3 Å². The van der Waals surface area contributed by atoms with Gasteiger partial charge in [-0.15, -0.1) is 0 Å². The van der Waals surface area contributed by atoms with Crippen LogP contribution in [0.1, 0.15) is 42.6 Å². The number of nitrogens with zero attached hydrogens (tertiary/aromatic N) is 2. The lowest BCUT2D eigenvalue weighted by Crippen LogP contribution is -2.43. The van der Waals surface area contributed by atoms with Gasteiger partial charge in [-0.1, -0.05) is 6.07 Å². The summed E-state index contributed by atoms with van der Waals surface area (Å²) in [6.07, 6.45) is -4.22. The third-order valence-electron chi connectivity index (χ3n) is 5.60. The maximum atomic E-state index is 12.8. The second kappa shape index (κ2) is 12.9. The van der Waals surface area contributed by atoms with Crippen molar-refractivity contribution in [1.82, 2.24) is 20.3 Å². The number of benzene rings is 1. The van der Waals surface area contributed by atoms with Gasteiger partial charge in [-0.05, 0) is 49.7 Å². The van der Waals surface area contributed by atoms with Crippen LogP contribution in [-0.4, -0.2) is 52.0 Å². The number of carbonyl (C=O) groups is 4. The summed E-state index contributed by atoms with van der Waals surface area (Å²) in [5.41, 5.74) is 0.00116. The van der Waals surface area contributed by atoms with Crippen LogP contribution >= 0.6 is 0 Å². The Balaban J connectivity index is 1.56. The van der Waals surface area contributed by atoms with Gasteiger partial charge in [0.25, 0.3) is 11.5 Å². The van der Waals surface area contributed by atoms with E-state index in [1.54, 1.807) is 51.4 Å². The normalized spacial score (nSPS) is 11.3. The summed E-state index contributed by atoms with van der Waals surface area (Å²) in [7, 11) is 1.57. The first kappa shape index (κ1) is 31.3. The SMILES string of the molecule is COc1ccc(-c2ccc(C(C)(C)NC(=O)c3cnc(NC(=O)CCC(=O)OOC(=O)C(F)(F)F)[nH]c3=O)cn2)cc1. The Labute approximate surface area is 235 Å². The summed E-state index contributed by atoms with van der Waals surface area (Å²) in [5, 5.41) is 4.87. The van der Waals surface area contributed by atoms with Gasteiger partial charge in [-0.25, -0.2) is 24.3 Å². The van der Waals surface area contributed by atoms with Crippen molar-refractivity contribution in [2.45, 2.75) is 38.4 Å². The molecule has 0 spiro atoms. The zero-order chi connectivity index (χ0) is 31.1. The number of alkyl halides is 3. The number of rotatable bonds is 9. The second-order valence-electron chi connectivity index (χ2n) is 9.09. The molecule has 0 aliphatic heterocycles. The molecule has 1 aromatic carbocycles. The number of ether oxygens (including phenoxy) is 1. The topological polar surface area (TPSA) is 179 Å². The first-order valence-corrected chi connectivity index (χ1v) is 12.0. The van der Waals surface area contributed by atoms with E-state index in [2.05, 4.69) is 35.4 Å². The Kier molecular flexibility index (Phi) is 9.62. The average molecular weight is 591 g/mol. The van der Waals surface area contributed by atoms with Crippen LogP contribution in [0.15, 0.2) is 53.6 Å². The van der Waals surface area contributed by atoms with Crippen molar-refractivity contribution in [3.8, 4) is 17.0 Å². The molecule has 0 radical (unpaired) electrons. The first-order chi connectivity index (χ1) is 19.7. The zero-order valence-corrected chi connectivity index (χ0v) is 22.3. The van der Waals surface area contributed by atoms with Gasteiger partial charge in [0.2, 0.25) is 11.9 Å². The fraction of sp³-hybridized carbons (Fsp3) is 0.269. The predicted octanol–water partition coefficient (Wildman–Crippen LogP) is 2.79. The number of halogens is 3.